The van der Waals surface area contributed by atoms with E-state index < -0.39 is 17.2 Å². The van der Waals surface area contributed by atoms with Crippen molar-refractivity contribution in [3.05, 3.63) is 59.6 Å². The zero-order valence-electron chi connectivity index (χ0n) is 15.2. The second kappa shape index (κ2) is 8.05. The standard InChI is InChI=1S/C19H14ClN7O3/c20-11-2-1-3-12(6-11)26-18-15-16(22-8-23-18)19(24-9-21-15)27-25-7-10-4-13(28)17(30)14(29)5-10/h1-9,28-30H,(H,21,24,27)(H,22,23,26). The Morgan fingerprint density at radius 3 is 2.23 bits per heavy atom. The number of hydrogen-bond acceptors (Lipinski definition) is 10. The van der Waals surface area contributed by atoms with Crippen LogP contribution in [0, 0.1) is 0 Å². The van der Waals surface area contributed by atoms with Crippen LogP contribution in [0.2, 0.25) is 5.02 Å². The van der Waals surface area contributed by atoms with Gasteiger partial charge in [0.25, 0.3) is 0 Å². The first kappa shape index (κ1) is 19.2. The zero-order valence-corrected chi connectivity index (χ0v) is 15.9. The molecule has 4 rings (SSSR count). The number of fused-ring (bicyclic) bond motifs is 1. The third kappa shape index (κ3) is 3.98. The molecule has 4 aromatic rings. The van der Waals surface area contributed by atoms with E-state index in [2.05, 4.69) is 35.8 Å². The summed E-state index contributed by atoms with van der Waals surface area (Å²) < 4.78 is 0. The van der Waals surface area contributed by atoms with Gasteiger partial charge in [-0.15, -0.1) is 0 Å². The molecule has 2 aromatic heterocycles. The number of hydrazone groups is 1. The number of benzene rings is 2. The van der Waals surface area contributed by atoms with Crippen molar-refractivity contribution in [1.29, 1.82) is 0 Å². The molecule has 0 fully saturated rings. The van der Waals surface area contributed by atoms with Gasteiger partial charge in [-0.1, -0.05) is 17.7 Å². The second-order valence-corrected chi connectivity index (χ2v) is 6.49. The van der Waals surface area contributed by atoms with Gasteiger partial charge in [0, 0.05) is 16.3 Å². The molecule has 10 nitrogen and oxygen atoms in total. The van der Waals surface area contributed by atoms with Crippen LogP contribution in [0.3, 0.4) is 0 Å². The lowest BCUT2D eigenvalue weighted by Gasteiger charge is -2.09. The predicted octanol–water partition coefficient (Wildman–Crippen LogP) is 3.38. The fourth-order valence-electron chi connectivity index (χ4n) is 2.62. The number of aromatic nitrogens is 4. The summed E-state index contributed by atoms with van der Waals surface area (Å²) >= 11 is 6.02. The Bertz CT molecular complexity index is 1240. The van der Waals surface area contributed by atoms with Crippen LogP contribution in [0.25, 0.3) is 11.0 Å². The Labute approximate surface area is 174 Å². The van der Waals surface area contributed by atoms with Crippen LogP contribution in [-0.2, 0) is 0 Å². The van der Waals surface area contributed by atoms with Gasteiger partial charge in [-0.05, 0) is 30.3 Å². The molecule has 0 bridgehead atoms. The highest BCUT2D eigenvalue weighted by Crippen LogP contribution is 2.34. The van der Waals surface area contributed by atoms with Gasteiger partial charge < -0.3 is 20.6 Å². The van der Waals surface area contributed by atoms with E-state index >= 15 is 0 Å². The Hall–Kier alpha value is -4.18. The van der Waals surface area contributed by atoms with Crippen LogP contribution < -0.4 is 10.7 Å². The van der Waals surface area contributed by atoms with Gasteiger partial charge in [0.15, 0.2) is 28.9 Å². The molecule has 0 aliphatic rings. The molecular formula is C19H14ClN7O3. The normalized spacial score (nSPS) is 11.1. The van der Waals surface area contributed by atoms with Crippen molar-refractivity contribution in [3.63, 3.8) is 0 Å². The summed E-state index contributed by atoms with van der Waals surface area (Å²) in [5.74, 6) is -0.745. The van der Waals surface area contributed by atoms with Gasteiger partial charge in [0.1, 0.15) is 23.7 Å². The summed E-state index contributed by atoms with van der Waals surface area (Å²) in [5, 5.41) is 36.3. The van der Waals surface area contributed by atoms with E-state index in [1.165, 1.54) is 31.0 Å². The van der Waals surface area contributed by atoms with Crippen molar-refractivity contribution in [2.75, 3.05) is 10.7 Å². The number of aromatic hydroxyl groups is 3. The molecule has 2 aromatic carbocycles. The molecule has 0 saturated heterocycles. The second-order valence-electron chi connectivity index (χ2n) is 6.05. The van der Waals surface area contributed by atoms with Crippen molar-refractivity contribution in [2.24, 2.45) is 5.10 Å². The number of phenols is 3. The van der Waals surface area contributed by atoms with Crippen molar-refractivity contribution < 1.29 is 15.3 Å². The highest BCUT2D eigenvalue weighted by atomic mass is 35.5. The third-order valence-electron chi connectivity index (χ3n) is 3.98. The molecular weight excluding hydrogens is 410 g/mol. The monoisotopic (exact) mass is 423 g/mol. The SMILES string of the molecule is Oc1cc(C=NNc2ncnc3c(Nc4cccc(Cl)c4)ncnc23)cc(O)c1O. The lowest BCUT2D eigenvalue weighted by atomic mass is 10.2. The molecule has 0 amide bonds. The Morgan fingerprint density at radius 2 is 1.53 bits per heavy atom. The predicted molar refractivity (Wildman–Crippen MR) is 113 cm³/mol. The molecule has 11 heteroatoms. The van der Waals surface area contributed by atoms with E-state index in [-0.39, 0.29) is 0 Å². The highest BCUT2D eigenvalue weighted by molar-refractivity contribution is 6.30. The lowest BCUT2D eigenvalue weighted by molar-refractivity contribution is 0.368. The third-order valence-corrected chi connectivity index (χ3v) is 4.22. The molecule has 0 aliphatic carbocycles. The average Bonchev–Trinajstić information content (AvgIpc) is 2.72. The molecule has 2 heterocycles. The van der Waals surface area contributed by atoms with E-state index in [0.717, 1.165) is 5.69 Å². The molecule has 150 valence electrons. The fourth-order valence-corrected chi connectivity index (χ4v) is 2.81. The average molecular weight is 424 g/mol. The van der Waals surface area contributed by atoms with Crippen LogP contribution in [0.1, 0.15) is 5.56 Å². The smallest absolute Gasteiger partial charge is 0.200 e. The Balaban J connectivity index is 1.61. The first-order valence-corrected chi connectivity index (χ1v) is 8.91. The zero-order chi connectivity index (χ0) is 21.1. The van der Waals surface area contributed by atoms with Crippen LogP contribution in [-0.4, -0.2) is 41.5 Å². The minimum absolute atomic E-state index is 0.319. The Kier molecular flexibility index (Phi) is 5.14. The van der Waals surface area contributed by atoms with E-state index in [4.69, 9.17) is 11.6 Å². The van der Waals surface area contributed by atoms with Crippen LogP contribution in [0.15, 0.2) is 54.2 Å². The Morgan fingerprint density at radius 1 is 0.867 bits per heavy atom. The minimum atomic E-state index is -0.599. The molecule has 0 aliphatic heterocycles. The molecule has 30 heavy (non-hydrogen) atoms. The molecule has 0 spiro atoms. The number of nitrogens with one attached hydrogen (secondary N) is 2. The number of hydrogen-bond donors (Lipinski definition) is 5. The largest absolute Gasteiger partial charge is 0.504 e. The van der Waals surface area contributed by atoms with E-state index in [9.17, 15) is 15.3 Å². The van der Waals surface area contributed by atoms with Crippen LogP contribution >= 0.6 is 11.6 Å². The van der Waals surface area contributed by atoms with Gasteiger partial charge in [-0.25, -0.2) is 19.9 Å². The lowest BCUT2D eigenvalue weighted by Crippen LogP contribution is -2.01. The van der Waals surface area contributed by atoms with Crippen LogP contribution in [0.5, 0.6) is 17.2 Å². The highest BCUT2D eigenvalue weighted by Gasteiger charge is 2.11. The van der Waals surface area contributed by atoms with Crippen molar-refractivity contribution >= 4 is 46.2 Å². The van der Waals surface area contributed by atoms with Gasteiger partial charge in [0.2, 0.25) is 0 Å². The van der Waals surface area contributed by atoms with Crippen molar-refractivity contribution in [3.8, 4) is 17.2 Å². The molecule has 0 saturated carbocycles. The van der Waals surface area contributed by atoms with E-state index in [1.54, 1.807) is 12.1 Å². The first-order chi connectivity index (χ1) is 14.5. The molecule has 0 unspecified atom stereocenters. The van der Waals surface area contributed by atoms with Crippen LogP contribution in [0.4, 0.5) is 17.3 Å². The number of phenolic OH excluding ortho intramolecular Hbond substituents is 3. The van der Waals surface area contributed by atoms with Gasteiger partial charge in [0.05, 0.1) is 6.21 Å². The summed E-state index contributed by atoms with van der Waals surface area (Å²) in [5.41, 5.74) is 4.72. The van der Waals surface area contributed by atoms with Gasteiger partial charge >= 0.3 is 0 Å². The molecule has 0 radical (unpaired) electrons. The van der Waals surface area contributed by atoms with Crippen molar-refractivity contribution in [2.45, 2.75) is 0 Å². The van der Waals surface area contributed by atoms with E-state index in [0.29, 0.717) is 33.3 Å². The van der Waals surface area contributed by atoms with Gasteiger partial charge in [-0.2, -0.15) is 5.10 Å². The maximum atomic E-state index is 9.56. The molecule has 5 N–H and O–H groups in total. The fraction of sp³-hybridized carbons (Fsp3) is 0. The summed E-state index contributed by atoms with van der Waals surface area (Å²) in [4.78, 5) is 16.8. The summed E-state index contributed by atoms with van der Waals surface area (Å²) in [6.45, 7) is 0. The van der Waals surface area contributed by atoms with Crippen molar-refractivity contribution in [1.82, 2.24) is 19.9 Å². The maximum absolute atomic E-state index is 9.56. The summed E-state index contributed by atoms with van der Waals surface area (Å²) in [7, 11) is 0. The quantitative estimate of drug-likeness (QED) is 0.185. The first-order valence-electron chi connectivity index (χ1n) is 8.53. The number of halogens is 1. The van der Waals surface area contributed by atoms with E-state index in [1.807, 2.05) is 12.1 Å². The van der Waals surface area contributed by atoms with Gasteiger partial charge in [-0.3, -0.25) is 5.43 Å². The topological polar surface area (TPSA) is 149 Å². The number of anilines is 3. The molecule has 0 atom stereocenters. The summed E-state index contributed by atoms with van der Waals surface area (Å²) in [6.07, 6.45) is 4.04. The number of rotatable bonds is 5. The minimum Gasteiger partial charge on any atom is -0.504 e. The summed E-state index contributed by atoms with van der Waals surface area (Å²) in [6, 6.07) is 9.65. The maximum Gasteiger partial charge on any atom is 0.200 e. The number of nitrogens with zero attached hydrogens (tertiary/aromatic N) is 5.